The van der Waals surface area contributed by atoms with E-state index in [1.165, 1.54) is 17.5 Å². The van der Waals surface area contributed by atoms with E-state index in [0.29, 0.717) is 19.0 Å². The topological polar surface area (TPSA) is 90.1 Å². The zero-order valence-corrected chi connectivity index (χ0v) is 11.2. The first-order valence-corrected chi connectivity index (χ1v) is 6.54. The van der Waals surface area contributed by atoms with E-state index in [4.69, 9.17) is 10.5 Å². The van der Waals surface area contributed by atoms with Crippen LogP contribution in [0.1, 0.15) is 10.4 Å². The number of nitrogen functional groups attached to an aromatic ring is 1. The SMILES string of the molecule is COCCNC(=O)c1cnc(-c2cccs2)nc1N. The van der Waals surface area contributed by atoms with Crippen molar-refractivity contribution in [3.05, 3.63) is 29.3 Å². The Labute approximate surface area is 114 Å². The van der Waals surface area contributed by atoms with Crippen LogP contribution in [0.3, 0.4) is 0 Å². The van der Waals surface area contributed by atoms with Crippen LogP contribution >= 0.6 is 11.3 Å². The largest absolute Gasteiger partial charge is 0.383 e. The minimum Gasteiger partial charge on any atom is -0.383 e. The minimum atomic E-state index is -0.299. The molecule has 0 aliphatic heterocycles. The standard InChI is InChI=1S/C12H14N4O2S/c1-18-5-4-14-12(17)8-7-15-11(16-10(8)13)9-3-2-6-19-9/h2-3,6-7H,4-5H2,1H3,(H,14,17)(H2,13,15,16). The van der Waals surface area contributed by atoms with E-state index in [1.807, 2.05) is 17.5 Å². The van der Waals surface area contributed by atoms with Crippen LogP contribution < -0.4 is 11.1 Å². The number of anilines is 1. The van der Waals surface area contributed by atoms with Gasteiger partial charge in [-0.1, -0.05) is 6.07 Å². The fourth-order valence-electron chi connectivity index (χ4n) is 1.46. The Morgan fingerprint density at radius 2 is 2.42 bits per heavy atom. The van der Waals surface area contributed by atoms with Crippen molar-refractivity contribution in [2.45, 2.75) is 0 Å². The van der Waals surface area contributed by atoms with Crippen LogP contribution in [-0.4, -0.2) is 36.1 Å². The summed E-state index contributed by atoms with van der Waals surface area (Å²) in [7, 11) is 1.57. The van der Waals surface area contributed by atoms with Gasteiger partial charge in [-0.15, -0.1) is 11.3 Å². The van der Waals surface area contributed by atoms with Gasteiger partial charge < -0.3 is 15.8 Å². The van der Waals surface area contributed by atoms with E-state index in [1.54, 1.807) is 7.11 Å². The Bertz CT molecular complexity index is 557. The highest BCUT2D eigenvalue weighted by atomic mass is 32.1. The van der Waals surface area contributed by atoms with Crippen LogP contribution in [0.2, 0.25) is 0 Å². The molecule has 2 aromatic rings. The number of nitrogens with zero attached hydrogens (tertiary/aromatic N) is 2. The van der Waals surface area contributed by atoms with Gasteiger partial charge in [-0.2, -0.15) is 0 Å². The summed E-state index contributed by atoms with van der Waals surface area (Å²) in [6, 6.07) is 3.81. The second-order valence-corrected chi connectivity index (χ2v) is 4.67. The lowest BCUT2D eigenvalue weighted by Gasteiger charge is -2.07. The van der Waals surface area contributed by atoms with E-state index in [0.717, 1.165) is 4.88 Å². The number of ether oxygens (including phenoxy) is 1. The molecule has 0 unspecified atom stereocenters. The van der Waals surface area contributed by atoms with E-state index < -0.39 is 0 Å². The Balaban J connectivity index is 2.13. The molecule has 0 aliphatic rings. The molecule has 6 nitrogen and oxygen atoms in total. The third kappa shape index (κ3) is 3.27. The van der Waals surface area contributed by atoms with Gasteiger partial charge in [0.25, 0.3) is 5.91 Å². The highest BCUT2D eigenvalue weighted by Crippen LogP contribution is 2.22. The van der Waals surface area contributed by atoms with Gasteiger partial charge in [0.05, 0.1) is 17.0 Å². The number of nitrogens with one attached hydrogen (secondary N) is 1. The van der Waals surface area contributed by atoms with Gasteiger partial charge in [0.15, 0.2) is 5.82 Å². The number of rotatable bonds is 5. The maximum atomic E-state index is 11.8. The Morgan fingerprint density at radius 3 is 3.05 bits per heavy atom. The van der Waals surface area contributed by atoms with E-state index >= 15 is 0 Å². The fraction of sp³-hybridized carbons (Fsp3) is 0.250. The lowest BCUT2D eigenvalue weighted by molar-refractivity contribution is 0.0937. The number of methoxy groups -OCH3 is 1. The predicted molar refractivity (Wildman–Crippen MR) is 74.0 cm³/mol. The van der Waals surface area contributed by atoms with Crippen LogP contribution in [0, 0.1) is 0 Å². The summed E-state index contributed by atoms with van der Waals surface area (Å²) in [6.07, 6.45) is 1.44. The van der Waals surface area contributed by atoms with Crippen molar-refractivity contribution in [3.8, 4) is 10.7 Å². The van der Waals surface area contributed by atoms with Crippen molar-refractivity contribution < 1.29 is 9.53 Å². The Hall–Kier alpha value is -1.99. The lowest BCUT2D eigenvalue weighted by Crippen LogP contribution is -2.28. The number of amides is 1. The quantitative estimate of drug-likeness (QED) is 0.801. The Morgan fingerprint density at radius 1 is 1.58 bits per heavy atom. The molecular weight excluding hydrogens is 264 g/mol. The van der Waals surface area contributed by atoms with Crippen molar-refractivity contribution in [1.29, 1.82) is 0 Å². The Kier molecular flexibility index (Phi) is 4.43. The molecule has 0 atom stereocenters. The van der Waals surface area contributed by atoms with Crippen molar-refractivity contribution in [3.63, 3.8) is 0 Å². The first-order valence-electron chi connectivity index (χ1n) is 5.66. The second-order valence-electron chi connectivity index (χ2n) is 3.72. The fourth-order valence-corrected chi connectivity index (χ4v) is 2.12. The number of thiophene rings is 1. The first-order chi connectivity index (χ1) is 9.22. The van der Waals surface area contributed by atoms with E-state index in [-0.39, 0.29) is 17.3 Å². The molecule has 0 bridgehead atoms. The van der Waals surface area contributed by atoms with Gasteiger partial charge in [-0.25, -0.2) is 9.97 Å². The van der Waals surface area contributed by atoms with Gasteiger partial charge in [-0.3, -0.25) is 4.79 Å². The average Bonchev–Trinajstić information content (AvgIpc) is 2.92. The minimum absolute atomic E-state index is 0.174. The number of hydrogen-bond donors (Lipinski definition) is 2. The number of carbonyl (C=O) groups excluding carboxylic acids is 1. The number of hydrogen-bond acceptors (Lipinski definition) is 6. The lowest BCUT2D eigenvalue weighted by atomic mass is 10.3. The molecule has 0 saturated heterocycles. The first kappa shape index (κ1) is 13.4. The highest BCUT2D eigenvalue weighted by molar-refractivity contribution is 7.13. The molecule has 2 aromatic heterocycles. The van der Waals surface area contributed by atoms with E-state index in [9.17, 15) is 4.79 Å². The van der Waals surface area contributed by atoms with Gasteiger partial charge in [0.1, 0.15) is 5.82 Å². The van der Waals surface area contributed by atoms with Gasteiger partial charge in [0, 0.05) is 19.9 Å². The summed E-state index contributed by atoms with van der Waals surface area (Å²) in [5, 5.41) is 4.60. The maximum Gasteiger partial charge on any atom is 0.256 e. The molecule has 19 heavy (non-hydrogen) atoms. The molecule has 0 saturated carbocycles. The third-order valence-corrected chi connectivity index (χ3v) is 3.26. The van der Waals surface area contributed by atoms with Crippen molar-refractivity contribution in [1.82, 2.24) is 15.3 Å². The zero-order valence-electron chi connectivity index (χ0n) is 10.4. The highest BCUT2D eigenvalue weighted by Gasteiger charge is 2.13. The summed E-state index contributed by atoms with van der Waals surface area (Å²) in [4.78, 5) is 21.0. The molecule has 0 fully saturated rings. The van der Waals surface area contributed by atoms with Crippen LogP contribution in [0.25, 0.3) is 10.7 Å². The van der Waals surface area contributed by atoms with Crippen LogP contribution in [-0.2, 0) is 4.74 Å². The van der Waals surface area contributed by atoms with Crippen molar-refractivity contribution in [2.75, 3.05) is 26.0 Å². The normalized spacial score (nSPS) is 10.4. The molecular formula is C12H14N4O2S. The van der Waals surface area contributed by atoms with Crippen LogP contribution in [0.15, 0.2) is 23.7 Å². The average molecular weight is 278 g/mol. The predicted octanol–water partition coefficient (Wildman–Crippen LogP) is 1.16. The molecule has 100 valence electrons. The van der Waals surface area contributed by atoms with Crippen molar-refractivity contribution in [2.24, 2.45) is 0 Å². The second kappa shape index (κ2) is 6.26. The molecule has 7 heteroatoms. The smallest absolute Gasteiger partial charge is 0.256 e. The monoisotopic (exact) mass is 278 g/mol. The number of carbonyl (C=O) groups is 1. The summed E-state index contributed by atoms with van der Waals surface area (Å²) in [5.41, 5.74) is 6.07. The summed E-state index contributed by atoms with van der Waals surface area (Å²) < 4.78 is 4.85. The summed E-state index contributed by atoms with van der Waals surface area (Å²) >= 11 is 1.52. The van der Waals surface area contributed by atoms with Gasteiger partial charge in [-0.05, 0) is 11.4 Å². The molecule has 1 amide bonds. The zero-order chi connectivity index (χ0) is 13.7. The van der Waals surface area contributed by atoms with E-state index in [2.05, 4.69) is 15.3 Å². The van der Waals surface area contributed by atoms with Gasteiger partial charge >= 0.3 is 0 Å². The third-order valence-electron chi connectivity index (χ3n) is 2.40. The molecule has 2 heterocycles. The summed E-state index contributed by atoms with van der Waals surface area (Å²) in [6.45, 7) is 0.862. The molecule has 0 radical (unpaired) electrons. The maximum absolute atomic E-state index is 11.8. The van der Waals surface area contributed by atoms with Gasteiger partial charge in [0.2, 0.25) is 0 Å². The molecule has 3 N–H and O–H groups in total. The van der Waals surface area contributed by atoms with Crippen LogP contribution in [0.5, 0.6) is 0 Å². The molecule has 2 rings (SSSR count). The van der Waals surface area contributed by atoms with Crippen molar-refractivity contribution >= 4 is 23.1 Å². The molecule has 0 aliphatic carbocycles. The molecule has 0 spiro atoms. The summed E-state index contributed by atoms with van der Waals surface area (Å²) in [5.74, 6) is 0.404. The number of aromatic nitrogens is 2. The van der Waals surface area contributed by atoms with Crippen LogP contribution in [0.4, 0.5) is 5.82 Å². The molecule has 0 aromatic carbocycles. The number of nitrogens with two attached hydrogens (primary N) is 1.